The monoisotopic (exact) mass is 512 g/mol. The molecule has 10 heteroatoms. The number of aromatic nitrogens is 3. The van der Waals surface area contributed by atoms with E-state index in [0.29, 0.717) is 10.5 Å². The summed E-state index contributed by atoms with van der Waals surface area (Å²) in [6.07, 6.45) is -1.38. The van der Waals surface area contributed by atoms with E-state index in [1.807, 2.05) is 48.5 Å². The lowest BCUT2D eigenvalue weighted by atomic mass is 10.0. The van der Waals surface area contributed by atoms with Gasteiger partial charge in [-0.3, -0.25) is 4.79 Å². The molecule has 5 nitrogen and oxygen atoms in total. The van der Waals surface area contributed by atoms with Crippen molar-refractivity contribution in [2.24, 2.45) is 0 Å². The van der Waals surface area contributed by atoms with Crippen molar-refractivity contribution >= 4 is 51.2 Å². The van der Waals surface area contributed by atoms with Crippen molar-refractivity contribution in [3.8, 4) is 11.3 Å². The van der Waals surface area contributed by atoms with Crippen LogP contribution in [-0.4, -0.2) is 26.3 Å². The van der Waals surface area contributed by atoms with E-state index in [2.05, 4.69) is 15.4 Å². The van der Waals surface area contributed by atoms with E-state index in [-0.39, 0.29) is 16.5 Å². The molecule has 0 saturated carbocycles. The van der Waals surface area contributed by atoms with Gasteiger partial charge in [-0.15, -0.1) is 0 Å². The molecule has 0 radical (unpaired) electrons. The average Bonchev–Trinajstić information content (AvgIpc) is 3.27. The molecule has 0 atom stereocenters. The number of benzene rings is 3. The van der Waals surface area contributed by atoms with Gasteiger partial charge in [0, 0.05) is 23.0 Å². The molecular formula is C25H16ClF3N4OS. The van der Waals surface area contributed by atoms with Gasteiger partial charge in [0.1, 0.15) is 5.03 Å². The maximum atomic E-state index is 13.3. The Bertz CT molecular complexity index is 1560. The molecule has 5 rings (SSSR count). The molecule has 0 aliphatic rings. The van der Waals surface area contributed by atoms with Crippen LogP contribution in [0.5, 0.6) is 0 Å². The number of carbonyl (C=O) groups is 1. The molecule has 35 heavy (non-hydrogen) atoms. The third-order valence-electron chi connectivity index (χ3n) is 5.32. The summed E-state index contributed by atoms with van der Waals surface area (Å²) in [5, 5.41) is 9.60. The molecule has 0 fully saturated rings. The molecule has 0 spiro atoms. The van der Waals surface area contributed by atoms with Crippen LogP contribution in [0, 0.1) is 0 Å². The van der Waals surface area contributed by atoms with E-state index in [9.17, 15) is 18.0 Å². The maximum absolute atomic E-state index is 13.3. The number of alkyl halides is 3. The summed E-state index contributed by atoms with van der Waals surface area (Å²) in [5.41, 5.74) is 1.05. The van der Waals surface area contributed by atoms with Gasteiger partial charge in [-0.25, -0.2) is 9.50 Å². The highest BCUT2D eigenvalue weighted by atomic mass is 35.5. The highest BCUT2D eigenvalue weighted by Gasteiger charge is 2.34. The summed E-state index contributed by atoms with van der Waals surface area (Å²) >= 11 is 6.82. The zero-order chi connectivity index (χ0) is 24.6. The van der Waals surface area contributed by atoms with Crippen LogP contribution in [0.25, 0.3) is 27.5 Å². The second-order valence-electron chi connectivity index (χ2n) is 7.64. The minimum atomic E-state index is -4.65. The molecule has 176 valence electrons. The molecule has 5 aromatic rings. The third-order valence-corrected chi connectivity index (χ3v) is 6.55. The first kappa shape index (κ1) is 23.2. The standard InChI is InChI=1S/C25H16ClF3N4OS/c26-16-8-9-20(19(12-16)25(27,28)29)31-23(34)14-35-24-22-13-21(32-33(22)11-10-30-24)18-7-3-5-15-4-1-2-6-17(15)18/h1-13H,14H2,(H,31,34). The van der Waals surface area contributed by atoms with Crippen LogP contribution in [-0.2, 0) is 11.0 Å². The lowest BCUT2D eigenvalue weighted by Crippen LogP contribution is -2.18. The molecule has 0 aliphatic carbocycles. The van der Waals surface area contributed by atoms with Crippen LogP contribution in [0.15, 0.2) is 84.1 Å². The number of thioether (sulfide) groups is 1. The normalized spacial score (nSPS) is 11.8. The number of halogens is 4. The van der Waals surface area contributed by atoms with Crippen LogP contribution in [0.4, 0.5) is 18.9 Å². The Morgan fingerprint density at radius 2 is 1.86 bits per heavy atom. The summed E-state index contributed by atoms with van der Waals surface area (Å²) in [5.74, 6) is -0.734. The van der Waals surface area contributed by atoms with Crippen molar-refractivity contribution in [3.05, 3.63) is 89.7 Å². The van der Waals surface area contributed by atoms with Gasteiger partial charge in [-0.2, -0.15) is 18.3 Å². The number of rotatable bonds is 5. The second kappa shape index (κ2) is 9.24. The molecule has 2 heterocycles. The number of anilines is 1. The van der Waals surface area contributed by atoms with Gasteiger partial charge in [-0.05, 0) is 35.0 Å². The van der Waals surface area contributed by atoms with E-state index in [0.717, 1.165) is 45.9 Å². The topological polar surface area (TPSA) is 59.3 Å². The van der Waals surface area contributed by atoms with Gasteiger partial charge in [0.25, 0.3) is 0 Å². The van der Waals surface area contributed by atoms with Crippen LogP contribution in [0.2, 0.25) is 5.02 Å². The Kier molecular flexibility index (Phi) is 6.12. The Balaban J connectivity index is 1.38. The number of hydrogen-bond acceptors (Lipinski definition) is 4. The molecular weight excluding hydrogens is 497 g/mol. The SMILES string of the molecule is O=C(CSc1nccn2nc(-c3cccc4ccccc34)cc12)Nc1ccc(Cl)cc1C(F)(F)F. The lowest BCUT2D eigenvalue weighted by molar-refractivity contribution is -0.137. The first-order valence-corrected chi connectivity index (χ1v) is 11.8. The number of fused-ring (bicyclic) bond motifs is 2. The molecule has 0 saturated heterocycles. The van der Waals surface area contributed by atoms with Crippen LogP contribution in [0.1, 0.15) is 5.56 Å². The number of carbonyl (C=O) groups excluding carboxylic acids is 1. The third kappa shape index (κ3) is 4.82. The van der Waals surface area contributed by atoms with Crippen molar-refractivity contribution in [3.63, 3.8) is 0 Å². The van der Waals surface area contributed by atoms with Gasteiger partial charge in [0.05, 0.1) is 28.2 Å². The molecule has 0 unspecified atom stereocenters. The Hall–Kier alpha value is -3.56. The highest BCUT2D eigenvalue weighted by molar-refractivity contribution is 8.00. The first-order chi connectivity index (χ1) is 16.8. The van der Waals surface area contributed by atoms with Crippen LogP contribution >= 0.6 is 23.4 Å². The van der Waals surface area contributed by atoms with Gasteiger partial charge in [-0.1, -0.05) is 65.8 Å². The zero-order valence-electron chi connectivity index (χ0n) is 17.9. The Labute approximate surface area is 206 Å². The zero-order valence-corrected chi connectivity index (χ0v) is 19.5. The fraction of sp³-hybridized carbons (Fsp3) is 0.0800. The van der Waals surface area contributed by atoms with Gasteiger partial charge >= 0.3 is 6.18 Å². The fourth-order valence-corrected chi connectivity index (χ4v) is 4.72. The minimum absolute atomic E-state index is 0.0664. The predicted molar refractivity (Wildman–Crippen MR) is 132 cm³/mol. The van der Waals surface area contributed by atoms with Crippen molar-refractivity contribution in [2.45, 2.75) is 11.2 Å². The Morgan fingerprint density at radius 1 is 1.06 bits per heavy atom. The minimum Gasteiger partial charge on any atom is -0.325 e. The Morgan fingerprint density at radius 3 is 2.69 bits per heavy atom. The van der Waals surface area contributed by atoms with Gasteiger partial charge < -0.3 is 5.32 Å². The van der Waals surface area contributed by atoms with Crippen LogP contribution in [0.3, 0.4) is 0 Å². The molecule has 0 bridgehead atoms. The second-order valence-corrected chi connectivity index (χ2v) is 9.04. The molecule has 1 amide bonds. The quantitative estimate of drug-likeness (QED) is 0.259. The molecule has 1 N–H and O–H groups in total. The van der Waals surface area contributed by atoms with Gasteiger partial charge in [0.15, 0.2) is 0 Å². The summed E-state index contributed by atoms with van der Waals surface area (Å²) in [7, 11) is 0. The van der Waals surface area contributed by atoms with Crippen molar-refractivity contribution in [1.82, 2.24) is 14.6 Å². The summed E-state index contributed by atoms with van der Waals surface area (Å²) in [4.78, 5) is 16.8. The van der Waals surface area contributed by atoms with Crippen molar-refractivity contribution in [1.29, 1.82) is 0 Å². The largest absolute Gasteiger partial charge is 0.418 e. The van der Waals surface area contributed by atoms with E-state index in [1.165, 1.54) is 6.07 Å². The van der Waals surface area contributed by atoms with E-state index in [4.69, 9.17) is 11.6 Å². The number of nitrogens with zero attached hydrogens (tertiary/aromatic N) is 3. The summed E-state index contributed by atoms with van der Waals surface area (Å²) in [6.45, 7) is 0. The van der Waals surface area contributed by atoms with E-state index >= 15 is 0 Å². The average molecular weight is 513 g/mol. The number of nitrogens with one attached hydrogen (secondary N) is 1. The molecule has 0 aliphatic heterocycles. The lowest BCUT2D eigenvalue weighted by Gasteiger charge is -2.14. The molecule has 3 aromatic carbocycles. The van der Waals surface area contributed by atoms with Crippen LogP contribution < -0.4 is 5.32 Å². The maximum Gasteiger partial charge on any atom is 0.418 e. The summed E-state index contributed by atoms with van der Waals surface area (Å²) < 4.78 is 41.6. The highest BCUT2D eigenvalue weighted by Crippen LogP contribution is 2.37. The van der Waals surface area contributed by atoms with Crippen molar-refractivity contribution < 1.29 is 18.0 Å². The first-order valence-electron chi connectivity index (χ1n) is 10.4. The molecule has 2 aromatic heterocycles. The van der Waals surface area contributed by atoms with Crippen molar-refractivity contribution in [2.75, 3.05) is 11.1 Å². The summed E-state index contributed by atoms with van der Waals surface area (Å²) in [6, 6.07) is 19.1. The van der Waals surface area contributed by atoms with E-state index < -0.39 is 17.6 Å². The number of hydrogen-bond donors (Lipinski definition) is 1. The number of amides is 1. The fourth-order valence-electron chi connectivity index (χ4n) is 3.77. The van der Waals surface area contributed by atoms with Gasteiger partial charge in [0.2, 0.25) is 5.91 Å². The van der Waals surface area contributed by atoms with E-state index in [1.54, 1.807) is 16.9 Å². The predicted octanol–water partition coefficient (Wildman–Crippen LogP) is 6.95. The smallest absolute Gasteiger partial charge is 0.325 e.